The molecule has 0 radical (unpaired) electrons. The molecule has 1 aliphatic rings. The molecule has 0 N–H and O–H groups in total. The number of rotatable bonds is 4. The molecule has 9 aromatic carbocycles. The number of hydrogen-bond acceptors (Lipinski definition) is 2. The van der Waals surface area contributed by atoms with Gasteiger partial charge < -0.3 is 9.30 Å². The summed E-state index contributed by atoms with van der Waals surface area (Å²) in [6.45, 7) is 0. The summed E-state index contributed by atoms with van der Waals surface area (Å²) in [7, 11) is 0. The average Bonchev–Trinajstić information content (AvgIpc) is 3.81. The van der Waals surface area contributed by atoms with E-state index in [1.54, 1.807) is 0 Å². The third-order valence-electron chi connectivity index (χ3n) is 12.3. The standard InChI is InChI=1S/C55H33N3O/c1-3-14-34(15-4-1)43-32-53(56-46-23-10-7-18-38(43)46)58-47-24-11-8-19-39(47)44-30-35(26-28-48(44)58)36-27-29-49-45(31-36)54-42-22-13-21-41-40-20-9-12-25-51(40)59-52(55(41)42)33-50(54)57(49)37-16-5-2-6-17-37/h1-33H. The lowest BCUT2D eigenvalue weighted by Gasteiger charge is -2.22. The molecule has 4 heteroatoms. The predicted molar refractivity (Wildman–Crippen MR) is 244 cm³/mol. The number of benzene rings is 9. The Bertz CT molecular complexity index is 3690. The number of ether oxygens (including phenoxy) is 1. The van der Waals surface area contributed by atoms with Crippen LogP contribution in [0.1, 0.15) is 0 Å². The van der Waals surface area contributed by atoms with E-state index in [4.69, 9.17) is 9.72 Å². The number of aromatic nitrogens is 3. The average molecular weight is 752 g/mol. The zero-order valence-electron chi connectivity index (χ0n) is 31.8. The largest absolute Gasteiger partial charge is 0.456 e. The summed E-state index contributed by atoms with van der Waals surface area (Å²) >= 11 is 0. The van der Waals surface area contributed by atoms with Crippen LogP contribution in [0.5, 0.6) is 11.5 Å². The first-order chi connectivity index (χ1) is 29.3. The molecule has 0 amide bonds. The molecule has 3 aromatic heterocycles. The van der Waals surface area contributed by atoms with Crippen molar-refractivity contribution in [3.8, 4) is 56.4 Å². The number of pyridine rings is 1. The van der Waals surface area contributed by atoms with Gasteiger partial charge in [-0.15, -0.1) is 0 Å². The third kappa shape index (κ3) is 4.69. The number of para-hydroxylation sites is 4. The van der Waals surface area contributed by atoms with Crippen LogP contribution in [0.4, 0.5) is 0 Å². The monoisotopic (exact) mass is 751 g/mol. The Morgan fingerprint density at radius 2 is 0.983 bits per heavy atom. The first-order valence-corrected chi connectivity index (χ1v) is 20.1. The zero-order valence-corrected chi connectivity index (χ0v) is 31.8. The molecule has 274 valence electrons. The highest BCUT2D eigenvalue weighted by Gasteiger charge is 2.25. The lowest BCUT2D eigenvalue weighted by atomic mass is 9.92. The second-order valence-electron chi connectivity index (χ2n) is 15.5. The summed E-state index contributed by atoms with van der Waals surface area (Å²) in [5.74, 6) is 2.68. The van der Waals surface area contributed by atoms with Crippen molar-refractivity contribution < 1.29 is 4.74 Å². The summed E-state index contributed by atoms with van der Waals surface area (Å²) < 4.78 is 11.4. The van der Waals surface area contributed by atoms with Gasteiger partial charge in [0.15, 0.2) is 0 Å². The molecule has 0 aliphatic carbocycles. The quantitative estimate of drug-likeness (QED) is 0.179. The summed E-state index contributed by atoms with van der Waals surface area (Å²) in [4.78, 5) is 5.29. The van der Waals surface area contributed by atoms with Gasteiger partial charge in [-0.1, -0.05) is 133 Å². The molecular formula is C55H33N3O. The van der Waals surface area contributed by atoms with Crippen molar-refractivity contribution in [2.45, 2.75) is 0 Å². The molecule has 1 aliphatic heterocycles. The van der Waals surface area contributed by atoms with Crippen LogP contribution in [-0.2, 0) is 0 Å². The van der Waals surface area contributed by atoms with Gasteiger partial charge in [0.25, 0.3) is 0 Å². The summed E-state index contributed by atoms with van der Waals surface area (Å²) in [6, 6.07) is 71.8. The van der Waals surface area contributed by atoms with Crippen molar-refractivity contribution >= 4 is 65.3 Å². The van der Waals surface area contributed by atoms with Gasteiger partial charge in [0.2, 0.25) is 0 Å². The predicted octanol–water partition coefficient (Wildman–Crippen LogP) is 14.7. The minimum absolute atomic E-state index is 0.889. The van der Waals surface area contributed by atoms with Crippen LogP contribution in [0.3, 0.4) is 0 Å². The van der Waals surface area contributed by atoms with E-state index in [2.05, 4.69) is 203 Å². The van der Waals surface area contributed by atoms with Gasteiger partial charge in [-0.2, -0.15) is 0 Å². The fourth-order valence-electron chi connectivity index (χ4n) is 9.72. The van der Waals surface area contributed by atoms with Gasteiger partial charge in [-0.25, -0.2) is 4.98 Å². The van der Waals surface area contributed by atoms with Crippen LogP contribution in [0, 0.1) is 0 Å². The maximum atomic E-state index is 6.68. The van der Waals surface area contributed by atoms with Crippen LogP contribution in [-0.4, -0.2) is 14.1 Å². The molecule has 0 bridgehead atoms. The van der Waals surface area contributed by atoms with Gasteiger partial charge >= 0.3 is 0 Å². The van der Waals surface area contributed by atoms with Gasteiger partial charge in [-0.3, -0.25) is 4.57 Å². The Balaban J connectivity index is 1.05. The molecule has 59 heavy (non-hydrogen) atoms. The van der Waals surface area contributed by atoms with Crippen molar-refractivity contribution in [1.29, 1.82) is 0 Å². The first-order valence-electron chi connectivity index (χ1n) is 20.1. The molecule has 0 atom stereocenters. The fourth-order valence-corrected chi connectivity index (χ4v) is 9.72. The van der Waals surface area contributed by atoms with Crippen LogP contribution >= 0.6 is 0 Å². The molecule has 12 aromatic rings. The number of nitrogens with zero attached hydrogens (tertiary/aromatic N) is 3. The van der Waals surface area contributed by atoms with E-state index < -0.39 is 0 Å². The molecule has 0 unspecified atom stereocenters. The van der Waals surface area contributed by atoms with Crippen molar-refractivity contribution in [2.24, 2.45) is 0 Å². The van der Waals surface area contributed by atoms with Crippen LogP contribution in [0.2, 0.25) is 0 Å². The van der Waals surface area contributed by atoms with Crippen LogP contribution < -0.4 is 4.74 Å². The molecule has 13 rings (SSSR count). The first kappa shape index (κ1) is 32.2. The summed E-state index contributed by atoms with van der Waals surface area (Å²) in [5, 5.41) is 8.32. The van der Waals surface area contributed by atoms with Gasteiger partial charge in [-0.05, 0) is 93.9 Å². The Hall–Kier alpha value is -7.95. The SMILES string of the molecule is c1ccc(-c2cc(-n3c4ccccc4c4cc(-c5ccc6c(c5)c5c7cccc8c7c(cc5n6-c5ccccc5)Oc5ccccc5-8)ccc43)nc3ccccc23)cc1. The molecule has 0 spiro atoms. The molecule has 0 fully saturated rings. The van der Waals surface area contributed by atoms with E-state index in [0.29, 0.717) is 0 Å². The Kier molecular flexibility index (Phi) is 6.69. The third-order valence-corrected chi connectivity index (χ3v) is 12.3. The second-order valence-corrected chi connectivity index (χ2v) is 15.5. The minimum Gasteiger partial charge on any atom is -0.456 e. The summed E-state index contributed by atoms with van der Waals surface area (Å²) in [5.41, 5.74) is 13.6. The molecule has 0 saturated heterocycles. The maximum Gasteiger partial charge on any atom is 0.138 e. The van der Waals surface area contributed by atoms with Crippen molar-refractivity contribution in [3.63, 3.8) is 0 Å². The number of fused-ring (bicyclic) bond motifs is 10. The van der Waals surface area contributed by atoms with Gasteiger partial charge in [0, 0.05) is 49.6 Å². The highest BCUT2D eigenvalue weighted by atomic mass is 16.5. The Morgan fingerprint density at radius 3 is 1.83 bits per heavy atom. The lowest BCUT2D eigenvalue weighted by Crippen LogP contribution is -1.99. The van der Waals surface area contributed by atoms with Crippen LogP contribution in [0.15, 0.2) is 200 Å². The highest BCUT2D eigenvalue weighted by Crippen LogP contribution is 2.51. The minimum atomic E-state index is 0.889. The van der Waals surface area contributed by atoms with E-state index in [1.807, 2.05) is 6.07 Å². The molecular weight excluding hydrogens is 719 g/mol. The lowest BCUT2D eigenvalue weighted by molar-refractivity contribution is 0.487. The van der Waals surface area contributed by atoms with E-state index >= 15 is 0 Å². The number of hydrogen-bond donors (Lipinski definition) is 0. The van der Waals surface area contributed by atoms with E-state index in [-0.39, 0.29) is 0 Å². The van der Waals surface area contributed by atoms with Crippen molar-refractivity contribution in [3.05, 3.63) is 200 Å². The molecule has 4 heterocycles. The van der Waals surface area contributed by atoms with E-state index in [9.17, 15) is 0 Å². The normalized spacial score (nSPS) is 12.2. The second kappa shape index (κ2) is 12.3. The Morgan fingerprint density at radius 1 is 0.339 bits per heavy atom. The topological polar surface area (TPSA) is 32.0 Å². The fraction of sp³-hybridized carbons (Fsp3) is 0. The van der Waals surface area contributed by atoms with Gasteiger partial charge in [0.05, 0.1) is 27.6 Å². The molecule has 0 saturated carbocycles. The van der Waals surface area contributed by atoms with Crippen molar-refractivity contribution in [2.75, 3.05) is 0 Å². The maximum absolute atomic E-state index is 6.68. The van der Waals surface area contributed by atoms with Crippen LogP contribution in [0.25, 0.3) is 110 Å². The molecule has 4 nitrogen and oxygen atoms in total. The Labute approximate surface area is 339 Å². The van der Waals surface area contributed by atoms with Crippen molar-refractivity contribution in [1.82, 2.24) is 14.1 Å². The van der Waals surface area contributed by atoms with E-state index in [1.165, 1.54) is 54.7 Å². The summed E-state index contributed by atoms with van der Waals surface area (Å²) in [6.07, 6.45) is 0. The van der Waals surface area contributed by atoms with Gasteiger partial charge in [0.1, 0.15) is 17.3 Å². The van der Waals surface area contributed by atoms with E-state index in [0.717, 1.165) is 66.9 Å². The highest BCUT2D eigenvalue weighted by molar-refractivity contribution is 6.26. The zero-order chi connectivity index (χ0) is 38.6. The smallest absolute Gasteiger partial charge is 0.138 e.